The summed E-state index contributed by atoms with van der Waals surface area (Å²) >= 11 is 0. The fraction of sp³-hybridized carbons (Fsp3) is 0.286. The third kappa shape index (κ3) is 3.81. The molecule has 0 saturated heterocycles. The summed E-state index contributed by atoms with van der Waals surface area (Å²) in [6.45, 7) is 11.7. The normalized spacial score (nSPS) is 11.2. The van der Waals surface area contributed by atoms with E-state index in [0.29, 0.717) is 6.42 Å². The molecule has 1 rings (SSSR count). The highest BCUT2D eigenvalue weighted by atomic mass is 14.8. The Labute approximate surface area is 97.5 Å². The smallest absolute Gasteiger partial charge is 0.0466 e. The van der Waals surface area contributed by atoms with Crippen molar-refractivity contribution in [2.24, 2.45) is 4.99 Å². The Bertz CT molecular complexity index is 416. The van der Waals surface area contributed by atoms with Crippen LogP contribution in [0.15, 0.2) is 48.1 Å². The minimum atomic E-state index is 0.693. The Hall–Kier alpha value is -1.70. The third-order valence-corrected chi connectivity index (χ3v) is 2.23. The van der Waals surface area contributed by atoms with Crippen LogP contribution in [0.1, 0.15) is 24.7 Å². The first-order valence-electron chi connectivity index (χ1n) is 5.46. The van der Waals surface area contributed by atoms with Crippen LogP contribution in [0.5, 0.6) is 0 Å². The summed E-state index contributed by atoms with van der Waals surface area (Å²) in [5.74, 6) is 0. The van der Waals surface area contributed by atoms with Gasteiger partial charge in [0.15, 0.2) is 0 Å². The molecule has 0 aliphatic heterocycles. The molecule has 2 heteroatoms. The first-order chi connectivity index (χ1) is 7.65. The summed E-state index contributed by atoms with van der Waals surface area (Å²) in [6, 6.07) is 5.98. The number of hydrogen-bond donors (Lipinski definition) is 0. The fourth-order valence-corrected chi connectivity index (χ4v) is 1.42. The Balaban J connectivity index is 2.71. The summed E-state index contributed by atoms with van der Waals surface area (Å²) in [7, 11) is 0. The van der Waals surface area contributed by atoms with Crippen LogP contribution in [-0.2, 0) is 6.42 Å². The number of allylic oxidation sites excluding steroid dienone is 2. The molecule has 0 atom stereocenters. The molecular weight excluding hydrogens is 196 g/mol. The molecule has 1 heterocycles. The lowest BCUT2D eigenvalue weighted by Crippen LogP contribution is -1.96. The van der Waals surface area contributed by atoms with Crippen molar-refractivity contribution in [3.05, 3.63) is 54.5 Å². The number of nitrogens with zero attached hydrogens (tertiary/aromatic N) is 2. The predicted octanol–water partition coefficient (Wildman–Crippen LogP) is 3.48. The zero-order valence-electron chi connectivity index (χ0n) is 10.0. The summed E-state index contributed by atoms with van der Waals surface area (Å²) in [6.07, 6.45) is 3.34. The van der Waals surface area contributed by atoms with Gasteiger partial charge in [-0.05, 0) is 31.6 Å². The maximum Gasteiger partial charge on any atom is 0.0466 e. The number of rotatable bonds is 5. The topological polar surface area (TPSA) is 25.2 Å². The van der Waals surface area contributed by atoms with Crippen molar-refractivity contribution in [1.82, 2.24) is 4.98 Å². The quantitative estimate of drug-likeness (QED) is 0.689. The number of aliphatic imine (C=N–C) groups is 1. The summed E-state index contributed by atoms with van der Waals surface area (Å²) in [4.78, 5) is 8.82. The van der Waals surface area contributed by atoms with E-state index in [1.165, 1.54) is 0 Å². The zero-order valence-corrected chi connectivity index (χ0v) is 10.0. The lowest BCUT2D eigenvalue weighted by atomic mass is 10.2. The van der Waals surface area contributed by atoms with Gasteiger partial charge in [-0.25, -0.2) is 0 Å². The van der Waals surface area contributed by atoms with E-state index in [1.54, 1.807) is 6.08 Å². The molecule has 0 aliphatic carbocycles. The molecule has 0 radical (unpaired) electrons. The lowest BCUT2D eigenvalue weighted by molar-refractivity contribution is 1.01. The van der Waals surface area contributed by atoms with Crippen LogP contribution < -0.4 is 0 Å². The molecule has 0 saturated carbocycles. The van der Waals surface area contributed by atoms with Gasteiger partial charge in [0.1, 0.15) is 0 Å². The number of aromatic nitrogens is 1. The molecule has 0 spiro atoms. The molecule has 1 aromatic rings. The SMILES string of the molecule is C=CC(CC)=NC(=C)Cc1cccc(C)n1. The van der Waals surface area contributed by atoms with Crippen molar-refractivity contribution in [3.8, 4) is 0 Å². The Morgan fingerprint density at radius 1 is 1.50 bits per heavy atom. The molecule has 2 nitrogen and oxygen atoms in total. The molecule has 0 fully saturated rings. The standard InChI is InChI=1S/C14H18N2/c1-5-13(6-2)16-12(4)10-14-9-7-8-11(3)15-14/h5,7-9H,1,4,6,10H2,2-3H3. The monoisotopic (exact) mass is 214 g/mol. The molecule has 0 aliphatic rings. The predicted molar refractivity (Wildman–Crippen MR) is 69.7 cm³/mol. The molecule has 0 N–H and O–H groups in total. The van der Waals surface area contributed by atoms with Gasteiger partial charge in [-0.1, -0.05) is 26.1 Å². The van der Waals surface area contributed by atoms with Crippen LogP contribution in [0.4, 0.5) is 0 Å². The fourth-order valence-electron chi connectivity index (χ4n) is 1.42. The second kappa shape index (κ2) is 6.01. The Kier molecular flexibility index (Phi) is 4.65. The third-order valence-electron chi connectivity index (χ3n) is 2.23. The molecular formula is C14H18N2. The molecule has 0 amide bonds. The van der Waals surface area contributed by atoms with Crippen molar-refractivity contribution < 1.29 is 0 Å². The minimum Gasteiger partial charge on any atom is -0.258 e. The van der Waals surface area contributed by atoms with Gasteiger partial charge in [-0.2, -0.15) is 0 Å². The second-order valence-corrected chi connectivity index (χ2v) is 3.67. The van der Waals surface area contributed by atoms with E-state index in [0.717, 1.165) is 29.2 Å². The molecule has 0 bridgehead atoms. The van der Waals surface area contributed by atoms with E-state index in [1.807, 2.05) is 25.1 Å². The van der Waals surface area contributed by atoms with Crippen LogP contribution >= 0.6 is 0 Å². The number of aryl methyl sites for hydroxylation is 1. The van der Waals surface area contributed by atoms with Gasteiger partial charge in [-0.3, -0.25) is 9.98 Å². The highest BCUT2D eigenvalue weighted by Gasteiger charge is 1.98. The molecule has 0 unspecified atom stereocenters. The van der Waals surface area contributed by atoms with Crippen LogP contribution in [0.3, 0.4) is 0 Å². The van der Waals surface area contributed by atoms with Gasteiger partial charge in [0, 0.05) is 29.2 Å². The maximum absolute atomic E-state index is 4.42. The Morgan fingerprint density at radius 3 is 2.81 bits per heavy atom. The first kappa shape index (κ1) is 12.4. The van der Waals surface area contributed by atoms with Gasteiger partial charge in [0.25, 0.3) is 0 Å². The Morgan fingerprint density at radius 2 is 2.25 bits per heavy atom. The van der Waals surface area contributed by atoms with Crippen molar-refractivity contribution in [3.63, 3.8) is 0 Å². The lowest BCUT2D eigenvalue weighted by Gasteiger charge is -2.03. The molecule has 84 valence electrons. The van der Waals surface area contributed by atoms with E-state index in [4.69, 9.17) is 0 Å². The van der Waals surface area contributed by atoms with Gasteiger partial charge in [0.2, 0.25) is 0 Å². The van der Waals surface area contributed by atoms with E-state index in [2.05, 4.69) is 30.1 Å². The molecule has 16 heavy (non-hydrogen) atoms. The van der Waals surface area contributed by atoms with Crippen molar-refractivity contribution >= 4 is 5.71 Å². The average molecular weight is 214 g/mol. The summed E-state index contributed by atoms with van der Waals surface area (Å²) in [5, 5.41) is 0. The highest BCUT2D eigenvalue weighted by molar-refractivity contribution is 5.94. The molecule has 0 aromatic carbocycles. The van der Waals surface area contributed by atoms with Crippen molar-refractivity contribution in [2.75, 3.05) is 0 Å². The van der Waals surface area contributed by atoms with Crippen LogP contribution in [0, 0.1) is 6.92 Å². The van der Waals surface area contributed by atoms with Gasteiger partial charge in [-0.15, -0.1) is 0 Å². The van der Waals surface area contributed by atoms with Crippen LogP contribution in [0.2, 0.25) is 0 Å². The largest absolute Gasteiger partial charge is 0.258 e. The number of pyridine rings is 1. The second-order valence-electron chi connectivity index (χ2n) is 3.67. The van der Waals surface area contributed by atoms with E-state index < -0.39 is 0 Å². The zero-order chi connectivity index (χ0) is 12.0. The van der Waals surface area contributed by atoms with Crippen molar-refractivity contribution in [1.29, 1.82) is 0 Å². The highest BCUT2D eigenvalue weighted by Crippen LogP contribution is 2.07. The average Bonchev–Trinajstić information content (AvgIpc) is 2.26. The van der Waals surface area contributed by atoms with E-state index >= 15 is 0 Å². The van der Waals surface area contributed by atoms with Crippen LogP contribution in [0.25, 0.3) is 0 Å². The summed E-state index contributed by atoms with van der Waals surface area (Å²) < 4.78 is 0. The van der Waals surface area contributed by atoms with E-state index in [9.17, 15) is 0 Å². The van der Waals surface area contributed by atoms with Gasteiger partial charge < -0.3 is 0 Å². The first-order valence-corrected chi connectivity index (χ1v) is 5.46. The van der Waals surface area contributed by atoms with Crippen LogP contribution in [-0.4, -0.2) is 10.7 Å². The minimum absolute atomic E-state index is 0.693. The number of hydrogen-bond acceptors (Lipinski definition) is 2. The van der Waals surface area contributed by atoms with Gasteiger partial charge in [0.05, 0.1) is 0 Å². The van der Waals surface area contributed by atoms with E-state index in [-0.39, 0.29) is 0 Å². The maximum atomic E-state index is 4.42. The molecule has 1 aromatic heterocycles. The van der Waals surface area contributed by atoms with Crippen molar-refractivity contribution in [2.45, 2.75) is 26.7 Å². The van der Waals surface area contributed by atoms with Gasteiger partial charge >= 0.3 is 0 Å². The summed E-state index contributed by atoms with van der Waals surface area (Å²) in [5.41, 5.74) is 3.83.